The molecule has 3 heteroatoms. The van der Waals surface area contributed by atoms with Crippen LogP contribution in [0, 0.1) is 12.8 Å². The van der Waals surface area contributed by atoms with Gasteiger partial charge < -0.3 is 9.47 Å². The van der Waals surface area contributed by atoms with E-state index in [1.807, 2.05) is 61.4 Å². The smallest absolute Gasteiger partial charge is 0.381 e. The van der Waals surface area contributed by atoms with Crippen LogP contribution in [0.3, 0.4) is 0 Å². The quantitative estimate of drug-likeness (QED) is 0.632. The minimum absolute atomic E-state index is 0. The van der Waals surface area contributed by atoms with Crippen molar-refractivity contribution in [2.24, 2.45) is 0 Å². The third-order valence-corrected chi connectivity index (χ3v) is 2.77. The number of hydrogen-bond acceptors (Lipinski definition) is 2. The fourth-order valence-corrected chi connectivity index (χ4v) is 1.66. The first-order valence-electron chi connectivity index (χ1n) is 7.49. The second kappa shape index (κ2) is 18.2. The second-order valence-corrected chi connectivity index (χ2v) is 4.56. The van der Waals surface area contributed by atoms with Gasteiger partial charge in [-0.25, -0.2) is 0 Å². The zero-order chi connectivity index (χ0) is 14.1. The number of hydrogen-bond donors (Lipinski definition) is 0. The Morgan fingerprint density at radius 3 is 0.810 bits per heavy atom. The molecule has 0 aromatic heterocycles. The minimum atomic E-state index is 0. The molecule has 21 heavy (non-hydrogen) atoms. The second-order valence-electron chi connectivity index (χ2n) is 4.56. The van der Waals surface area contributed by atoms with E-state index in [-0.39, 0.29) is 37.7 Å². The molecule has 0 spiro atoms. The molecule has 2 aliphatic heterocycles. The maximum absolute atomic E-state index is 4.94. The van der Waals surface area contributed by atoms with Crippen molar-refractivity contribution < 1.29 is 9.47 Å². The molecule has 0 saturated carbocycles. The summed E-state index contributed by atoms with van der Waals surface area (Å²) in [7, 11) is 0. The van der Waals surface area contributed by atoms with Crippen LogP contribution in [0.5, 0.6) is 0 Å². The first kappa shape index (κ1) is 21.1. The van der Waals surface area contributed by atoms with E-state index in [0.717, 1.165) is 26.4 Å². The Morgan fingerprint density at radius 1 is 0.429 bits per heavy atom. The Labute approximate surface area is 160 Å². The molecule has 4 rings (SSSR count). The van der Waals surface area contributed by atoms with Gasteiger partial charge in [0.2, 0.25) is 0 Å². The van der Waals surface area contributed by atoms with E-state index >= 15 is 0 Å². The number of rotatable bonds is 0. The van der Waals surface area contributed by atoms with Crippen LogP contribution in [-0.4, -0.2) is 64.2 Å². The van der Waals surface area contributed by atoms with Gasteiger partial charge in [-0.2, -0.15) is 0 Å². The van der Waals surface area contributed by atoms with E-state index in [1.165, 1.54) is 25.7 Å². The fourth-order valence-electron chi connectivity index (χ4n) is 1.66. The summed E-state index contributed by atoms with van der Waals surface area (Å²) in [5.41, 5.74) is 0. The first-order valence-corrected chi connectivity index (χ1v) is 7.49. The Bertz CT molecular complexity index is 244. The third-order valence-electron chi connectivity index (χ3n) is 2.77. The van der Waals surface area contributed by atoms with Gasteiger partial charge in [-0.05, 0) is 25.7 Å². The zero-order valence-electron chi connectivity index (χ0n) is 13.0. The Balaban J connectivity index is 0.000000250. The SMILES string of the molecule is C1CCOC1.C1CCOC1.[CH]1C=CC=C1.[CH]1C=CC=C1.[Ca+2]. The summed E-state index contributed by atoms with van der Waals surface area (Å²) in [5.74, 6) is 0. The van der Waals surface area contributed by atoms with Gasteiger partial charge in [0.05, 0.1) is 0 Å². The molecule has 0 N–H and O–H groups in total. The summed E-state index contributed by atoms with van der Waals surface area (Å²) in [6, 6.07) is 0. The van der Waals surface area contributed by atoms with Gasteiger partial charge in [-0.15, -0.1) is 0 Å². The molecule has 0 bridgehead atoms. The van der Waals surface area contributed by atoms with Crippen molar-refractivity contribution in [3.63, 3.8) is 0 Å². The van der Waals surface area contributed by atoms with Gasteiger partial charge >= 0.3 is 37.7 Å². The number of allylic oxidation sites excluding steroid dienone is 8. The summed E-state index contributed by atoms with van der Waals surface area (Å²) in [4.78, 5) is 0. The average molecular weight is 314 g/mol. The van der Waals surface area contributed by atoms with Crippen LogP contribution in [0.1, 0.15) is 25.7 Å². The van der Waals surface area contributed by atoms with E-state index < -0.39 is 0 Å². The molecule has 0 aromatic rings. The maximum atomic E-state index is 4.94. The van der Waals surface area contributed by atoms with E-state index in [9.17, 15) is 0 Å². The monoisotopic (exact) mass is 314 g/mol. The predicted molar refractivity (Wildman–Crippen MR) is 91.0 cm³/mol. The molecule has 0 aromatic carbocycles. The zero-order valence-corrected chi connectivity index (χ0v) is 15.2. The summed E-state index contributed by atoms with van der Waals surface area (Å²) in [6.07, 6.45) is 25.1. The van der Waals surface area contributed by atoms with Crippen molar-refractivity contribution in [2.45, 2.75) is 25.7 Å². The molecule has 110 valence electrons. The minimum Gasteiger partial charge on any atom is -0.381 e. The van der Waals surface area contributed by atoms with Crippen molar-refractivity contribution in [1.82, 2.24) is 0 Å². The topological polar surface area (TPSA) is 18.5 Å². The van der Waals surface area contributed by atoms with Crippen molar-refractivity contribution in [3.8, 4) is 0 Å². The summed E-state index contributed by atoms with van der Waals surface area (Å²) >= 11 is 0. The molecule has 2 nitrogen and oxygen atoms in total. The first-order chi connectivity index (χ1) is 10.0. The van der Waals surface area contributed by atoms with Gasteiger partial charge in [-0.1, -0.05) is 48.6 Å². The molecule has 2 aliphatic carbocycles. The molecule has 0 atom stereocenters. The summed E-state index contributed by atoms with van der Waals surface area (Å²) in [5, 5.41) is 0. The fraction of sp³-hybridized carbons (Fsp3) is 0.444. The summed E-state index contributed by atoms with van der Waals surface area (Å²) in [6.45, 7) is 4.00. The Kier molecular flexibility index (Phi) is 18.3. The predicted octanol–water partition coefficient (Wildman–Crippen LogP) is 3.85. The summed E-state index contributed by atoms with van der Waals surface area (Å²) < 4.78 is 9.89. The van der Waals surface area contributed by atoms with E-state index in [4.69, 9.17) is 9.47 Å². The largest absolute Gasteiger partial charge is 2.00 e. The van der Waals surface area contributed by atoms with Crippen molar-refractivity contribution in [3.05, 3.63) is 61.4 Å². The van der Waals surface area contributed by atoms with Crippen LogP contribution in [0.15, 0.2) is 48.6 Å². The van der Waals surface area contributed by atoms with Crippen LogP contribution >= 0.6 is 0 Å². The molecular formula is C18H26CaO2+2. The van der Waals surface area contributed by atoms with Crippen LogP contribution in [-0.2, 0) is 9.47 Å². The molecule has 2 radical (unpaired) electrons. The average Bonchev–Trinajstić information content (AvgIpc) is 3.40. The Hall–Kier alpha value is 0.140. The van der Waals surface area contributed by atoms with Crippen LogP contribution in [0.4, 0.5) is 0 Å². The normalized spacial score (nSPS) is 19.8. The van der Waals surface area contributed by atoms with Gasteiger partial charge in [0.15, 0.2) is 0 Å². The van der Waals surface area contributed by atoms with Crippen LogP contribution in [0.25, 0.3) is 0 Å². The maximum Gasteiger partial charge on any atom is 2.00 e. The molecule has 2 fully saturated rings. The Morgan fingerprint density at radius 2 is 0.714 bits per heavy atom. The van der Waals surface area contributed by atoms with Gasteiger partial charge in [-0.3, -0.25) is 0 Å². The molecule has 2 heterocycles. The van der Waals surface area contributed by atoms with Gasteiger partial charge in [0, 0.05) is 39.3 Å². The standard InChI is InChI=1S/2C5H5.2C4H8O.Ca/c4*1-2-4-5-3-1;/h2*1-5H;2*1-4H2;/q;;;;+2. The van der Waals surface area contributed by atoms with Gasteiger partial charge in [0.25, 0.3) is 0 Å². The molecule has 2 saturated heterocycles. The van der Waals surface area contributed by atoms with Crippen molar-refractivity contribution in [1.29, 1.82) is 0 Å². The van der Waals surface area contributed by atoms with Crippen LogP contribution < -0.4 is 0 Å². The number of ether oxygens (including phenoxy) is 2. The van der Waals surface area contributed by atoms with Gasteiger partial charge in [0.1, 0.15) is 0 Å². The molecule has 0 unspecified atom stereocenters. The molecule has 4 aliphatic rings. The van der Waals surface area contributed by atoms with Crippen molar-refractivity contribution >= 4 is 37.7 Å². The van der Waals surface area contributed by atoms with Crippen LogP contribution in [0.2, 0.25) is 0 Å². The van der Waals surface area contributed by atoms with E-state index in [1.54, 1.807) is 0 Å². The van der Waals surface area contributed by atoms with E-state index in [0.29, 0.717) is 0 Å². The molecular weight excluding hydrogens is 288 g/mol. The molecule has 0 amide bonds. The van der Waals surface area contributed by atoms with Crippen molar-refractivity contribution in [2.75, 3.05) is 26.4 Å². The third kappa shape index (κ3) is 16.3. The van der Waals surface area contributed by atoms with E-state index in [2.05, 4.69) is 0 Å².